The Bertz CT molecular complexity index is 3490. The van der Waals surface area contributed by atoms with E-state index in [2.05, 4.69) is 37.2 Å². The molecule has 4 amide bonds. The number of furan rings is 2. The maximum absolute atomic E-state index is 13.4. The molecular formula is C60H62BBrF2N4O10. The van der Waals surface area contributed by atoms with Crippen molar-refractivity contribution in [2.45, 2.75) is 66.6 Å². The monoisotopic (exact) mass is 1130 g/mol. The quantitative estimate of drug-likeness (QED) is 0.0639. The zero-order valence-electron chi connectivity index (χ0n) is 45.0. The molecule has 406 valence electrons. The van der Waals surface area contributed by atoms with Crippen molar-refractivity contribution in [3.8, 4) is 45.3 Å². The topological polar surface area (TPSA) is 202 Å². The number of nitrogens with one attached hydrogen (secondary N) is 4. The second kappa shape index (κ2) is 24.3. The summed E-state index contributed by atoms with van der Waals surface area (Å²) in [4.78, 5) is 49.6. The molecule has 0 aliphatic carbocycles. The van der Waals surface area contributed by atoms with Crippen molar-refractivity contribution in [3.05, 3.63) is 160 Å². The zero-order chi connectivity index (χ0) is 56.8. The van der Waals surface area contributed by atoms with E-state index in [9.17, 15) is 38.2 Å². The fourth-order valence-corrected chi connectivity index (χ4v) is 8.55. The number of hydrogen-bond acceptors (Lipinski definition) is 10. The van der Waals surface area contributed by atoms with Crippen LogP contribution in [0.3, 0.4) is 0 Å². The van der Waals surface area contributed by atoms with E-state index >= 15 is 0 Å². The third kappa shape index (κ3) is 13.1. The lowest BCUT2D eigenvalue weighted by molar-refractivity contribution is 0.00578. The molecule has 0 atom stereocenters. The first-order valence-electron chi connectivity index (χ1n) is 25.2. The van der Waals surface area contributed by atoms with Crippen molar-refractivity contribution in [2.75, 3.05) is 27.2 Å². The fourth-order valence-electron chi connectivity index (χ4n) is 8.17. The maximum atomic E-state index is 13.4. The molecule has 9 rings (SSSR count). The van der Waals surface area contributed by atoms with Gasteiger partial charge < -0.3 is 49.6 Å². The Balaban J connectivity index is 0.000000182. The van der Waals surface area contributed by atoms with Crippen molar-refractivity contribution in [3.63, 3.8) is 0 Å². The lowest BCUT2D eigenvalue weighted by Crippen LogP contribution is -2.41. The van der Waals surface area contributed by atoms with E-state index in [1.807, 2.05) is 67.5 Å². The average molecular weight is 1130 g/mol. The first kappa shape index (κ1) is 57.9. The number of rotatable bonds is 12. The molecule has 1 saturated heterocycles. The summed E-state index contributed by atoms with van der Waals surface area (Å²) >= 11 is 3.16. The van der Waals surface area contributed by atoms with Crippen LogP contribution >= 0.6 is 15.9 Å². The molecule has 78 heavy (non-hydrogen) atoms. The number of aromatic hydroxyl groups is 2. The molecular weight excluding hydrogens is 1070 g/mol. The van der Waals surface area contributed by atoms with E-state index in [0.29, 0.717) is 107 Å². The van der Waals surface area contributed by atoms with E-state index in [1.54, 1.807) is 79.8 Å². The van der Waals surface area contributed by atoms with Crippen LogP contribution < -0.4 is 26.7 Å². The second-order valence-corrected chi connectivity index (χ2v) is 21.3. The van der Waals surface area contributed by atoms with Crippen LogP contribution in [-0.4, -0.2) is 79.3 Å². The van der Waals surface area contributed by atoms with Gasteiger partial charge in [0, 0.05) is 65.8 Å². The van der Waals surface area contributed by atoms with Gasteiger partial charge in [0.15, 0.2) is 0 Å². The SMILES string of the molecule is CC(C)CNC(=O)c1ccc(O)c(Br)c1.CNC(=O)c1c(-c2ccc(F)cc2)oc2ccc(-c3cc(C(=O)NCC(C)C)ccc3O)cc12.CNC(=O)c1c(-c2ccc(F)cc2)oc2ccc(B3OC(C)(C)C(C)(C)O3)cc12. The Morgan fingerprint density at radius 1 is 0.551 bits per heavy atom. The van der Waals surface area contributed by atoms with Gasteiger partial charge in [0.2, 0.25) is 0 Å². The molecule has 0 spiro atoms. The van der Waals surface area contributed by atoms with Crippen LogP contribution in [0.15, 0.2) is 135 Å². The van der Waals surface area contributed by atoms with E-state index < -0.39 is 24.1 Å². The first-order valence-corrected chi connectivity index (χ1v) is 26.0. The predicted octanol–water partition coefficient (Wildman–Crippen LogP) is 11.8. The normalized spacial score (nSPS) is 13.4. The van der Waals surface area contributed by atoms with Crippen LogP contribution in [0.2, 0.25) is 0 Å². The number of phenolic OH excluding ortho intramolecular Hbond substituents is 2. The maximum Gasteiger partial charge on any atom is 0.494 e. The highest BCUT2D eigenvalue weighted by Gasteiger charge is 2.52. The minimum atomic E-state index is -0.550. The molecule has 3 heterocycles. The number of carbonyl (C=O) groups is 4. The number of phenols is 2. The molecule has 18 heteroatoms. The van der Waals surface area contributed by atoms with Crippen LogP contribution in [0.25, 0.3) is 55.7 Å². The number of hydrogen-bond donors (Lipinski definition) is 6. The Labute approximate surface area is 460 Å². The fraction of sp³-hybridized carbons (Fsp3) is 0.267. The molecule has 0 unspecified atom stereocenters. The van der Waals surface area contributed by atoms with Gasteiger partial charge in [0.25, 0.3) is 23.6 Å². The minimum Gasteiger partial charge on any atom is -0.507 e. The van der Waals surface area contributed by atoms with Gasteiger partial charge in [-0.05, 0) is 170 Å². The van der Waals surface area contributed by atoms with E-state index in [4.69, 9.17) is 18.1 Å². The Kier molecular flexibility index (Phi) is 18.0. The van der Waals surface area contributed by atoms with E-state index in [0.717, 1.165) is 5.46 Å². The molecule has 0 saturated carbocycles. The van der Waals surface area contributed by atoms with Gasteiger partial charge >= 0.3 is 7.12 Å². The number of benzene rings is 6. The van der Waals surface area contributed by atoms with Crippen LogP contribution in [0.1, 0.15) is 96.8 Å². The molecule has 0 radical (unpaired) electrons. The summed E-state index contributed by atoms with van der Waals surface area (Å²) in [7, 11) is 2.53. The number of fused-ring (bicyclic) bond motifs is 2. The van der Waals surface area contributed by atoms with Crippen molar-refractivity contribution in [1.82, 2.24) is 21.3 Å². The Morgan fingerprint density at radius 2 is 0.974 bits per heavy atom. The van der Waals surface area contributed by atoms with Crippen molar-refractivity contribution in [1.29, 1.82) is 0 Å². The molecule has 6 N–H and O–H groups in total. The lowest BCUT2D eigenvalue weighted by Gasteiger charge is -2.32. The Hall–Kier alpha value is -7.80. The number of amides is 4. The lowest BCUT2D eigenvalue weighted by atomic mass is 9.78. The smallest absolute Gasteiger partial charge is 0.494 e. The summed E-state index contributed by atoms with van der Waals surface area (Å²) in [5.41, 5.74) is 4.79. The molecule has 1 aliphatic rings. The van der Waals surface area contributed by atoms with Crippen molar-refractivity contribution < 1.29 is 56.3 Å². The highest BCUT2D eigenvalue weighted by atomic mass is 79.9. The molecule has 6 aromatic carbocycles. The number of halogens is 3. The summed E-state index contributed by atoms with van der Waals surface area (Å²) in [5.74, 6) is -0.159. The van der Waals surface area contributed by atoms with E-state index in [1.165, 1.54) is 43.4 Å². The molecule has 1 fully saturated rings. The van der Waals surface area contributed by atoms with Gasteiger partial charge in [-0.25, -0.2) is 8.78 Å². The zero-order valence-corrected chi connectivity index (χ0v) is 46.6. The summed E-state index contributed by atoms with van der Waals surface area (Å²) in [5, 5.41) is 31.9. The summed E-state index contributed by atoms with van der Waals surface area (Å²) in [6, 6.07) is 31.6. The van der Waals surface area contributed by atoms with Crippen molar-refractivity contribution in [2.24, 2.45) is 11.8 Å². The highest BCUT2D eigenvalue weighted by Crippen LogP contribution is 2.40. The minimum absolute atomic E-state index is 0.00325. The third-order valence-corrected chi connectivity index (χ3v) is 13.8. The Morgan fingerprint density at radius 3 is 1.42 bits per heavy atom. The first-order chi connectivity index (χ1) is 36.9. The predicted molar refractivity (Wildman–Crippen MR) is 303 cm³/mol. The molecule has 14 nitrogen and oxygen atoms in total. The van der Waals surface area contributed by atoms with Crippen LogP contribution in [0.4, 0.5) is 8.78 Å². The average Bonchev–Trinajstić information content (AvgIpc) is 4.12. The summed E-state index contributed by atoms with van der Waals surface area (Å²) in [6.45, 7) is 17.2. The largest absolute Gasteiger partial charge is 0.507 e. The molecule has 1 aliphatic heterocycles. The van der Waals surface area contributed by atoms with E-state index in [-0.39, 0.29) is 40.9 Å². The molecule has 0 bridgehead atoms. The van der Waals surface area contributed by atoms with Crippen LogP contribution in [0.5, 0.6) is 11.5 Å². The van der Waals surface area contributed by atoms with Crippen LogP contribution in [-0.2, 0) is 9.31 Å². The second-order valence-electron chi connectivity index (χ2n) is 20.4. The van der Waals surface area contributed by atoms with Gasteiger partial charge in [-0.2, -0.15) is 0 Å². The number of carbonyl (C=O) groups excluding carboxylic acids is 4. The van der Waals surface area contributed by atoms with Gasteiger partial charge in [-0.15, -0.1) is 0 Å². The standard InChI is InChI=1S/C27H25FN2O4.C22H23BFNO4.C11H14BrNO2/c1-15(2)14-30-26(32)18-6-10-22(31)20(13-18)17-7-11-23-21(12-17)24(27(33)29-3)25(34-23)16-4-8-19(28)9-5-16;1-21(2)22(3,4)29-23(28-21)14-8-11-17-16(12-14)18(20(26)25-5)19(27-17)13-6-9-15(24)10-7-13;1-7(2)6-13-11(15)8-3-4-10(14)9(12)5-8/h4-13,15,31H,14H2,1-3H3,(H,29,33)(H,30,32);6-12H,1-5H3,(H,25,26);3-5,7,14H,6H2,1-2H3,(H,13,15). The van der Waals surface area contributed by atoms with Crippen molar-refractivity contribution >= 4 is 74.1 Å². The highest BCUT2D eigenvalue weighted by molar-refractivity contribution is 9.10. The molecule has 2 aromatic heterocycles. The van der Waals surface area contributed by atoms with Gasteiger partial charge in [-0.1, -0.05) is 45.9 Å². The van der Waals surface area contributed by atoms with Crippen LogP contribution in [0, 0.1) is 23.5 Å². The summed E-state index contributed by atoms with van der Waals surface area (Å²) < 4.78 is 51.5. The third-order valence-electron chi connectivity index (χ3n) is 13.2. The summed E-state index contributed by atoms with van der Waals surface area (Å²) in [6.07, 6.45) is 0. The van der Waals surface area contributed by atoms with Gasteiger partial charge in [0.05, 0.1) is 26.8 Å². The van der Waals surface area contributed by atoms with Gasteiger partial charge in [0.1, 0.15) is 45.8 Å². The molecule has 8 aromatic rings. The van der Waals surface area contributed by atoms with Gasteiger partial charge in [-0.3, -0.25) is 19.2 Å².